The number of hydrogen-bond acceptors (Lipinski definition) is 6. The number of nitrogens with two attached hydrogens (primary N) is 1. The highest BCUT2D eigenvalue weighted by Crippen LogP contribution is 2.21. The van der Waals surface area contributed by atoms with Gasteiger partial charge >= 0.3 is 0 Å². The van der Waals surface area contributed by atoms with Crippen LogP contribution in [0.5, 0.6) is 0 Å². The summed E-state index contributed by atoms with van der Waals surface area (Å²) in [5.74, 6) is -0.0231. The summed E-state index contributed by atoms with van der Waals surface area (Å²) >= 11 is 1.12. The molecule has 1 saturated heterocycles. The first-order valence-corrected chi connectivity index (χ1v) is 6.34. The maximum atomic E-state index is 12.2. The zero-order valence-electron chi connectivity index (χ0n) is 9.70. The summed E-state index contributed by atoms with van der Waals surface area (Å²) in [5, 5.41) is 3.69. The zero-order valence-corrected chi connectivity index (χ0v) is 10.5. The molecule has 94 valence electrons. The van der Waals surface area contributed by atoms with Crippen LogP contribution < -0.4 is 5.73 Å². The Morgan fingerprint density at radius 2 is 2.59 bits per heavy atom. The van der Waals surface area contributed by atoms with Crippen LogP contribution in [0.1, 0.15) is 22.5 Å². The van der Waals surface area contributed by atoms with Gasteiger partial charge in [-0.2, -0.15) is 0 Å². The lowest BCUT2D eigenvalue weighted by Gasteiger charge is -2.38. The summed E-state index contributed by atoms with van der Waals surface area (Å²) in [4.78, 5) is 14.6. The van der Waals surface area contributed by atoms with E-state index in [9.17, 15) is 4.79 Å². The Balaban J connectivity index is 2.07. The van der Waals surface area contributed by atoms with Crippen molar-refractivity contribution in [3.05, 3.63) is 11.1 Å². The molecule has 2 unspecified atom stereocenters. The third kappa shape index (κ3) is 2.62. The maximum absolute atomic E-state index is 12.2. The summed E-state index contributed by atoms with van der Waals surface area (Å²) in [5.41, 5.74) is 5.72. The topological polar surface area (TPSA) is 81.3 Å². The molecule has 2 N–H and O–H groups in total. The Kier molecular flexibility index (Phi) is 4.03. The fraction of sp³-hybridized carbons (Fsp3) is 0.700. The number of methoxy groups -OCH3 is 1. The second-order valence-electron chi connectivity index (χ2n) is 4.05. The van der Waals surface area contributed by atoms with Crippen molar-refractivity contribution < 1.29 is 9.53 Å². The molecular formula is C10H16N4O2S. The van der Waals surface area contributed by atoms with Gasteiger partial charge in [0, 0.05) is 26.2 Å². The predicted octanol–water partition coefficient (Wildman–Crippen LogP) is 0.116. The fourth-order valence-electron chi connectivity index (χ4n) is 2.12. The molecule has 6 nitrogen and oxygen atoms in total. The second kappa shape index (κ2) is 5.52. The van der Waals surface area contributed by atoms with Gasteiger partial charge in [-0.3, -0.25) is 4.79 Å². The van der Waals surface area contributed by atoms with Crippen molar-refractivity contribution in [1.82, 2.24) is 14.5 Å². The summed E-state index contributed by atoms with van der Waals surface area (Å²) in [6, 6.07) is 0.0447. The quantitative estimate of drug-likeness (QED) is 0.830. The summed E-state index contributed by atoms with van der Waals surface area (Å²) < 4.78 is 9.03. The molecule has 1 amide bonds. The number of likely N-dealkylation sites (tertiary alicyclic amines) is 1. The van der Waals surface area contributed by atoms with Gasteiger partial charge in [-0.05, 0) is 24.4 Å². The molecule has 2 atom stereocenters. The van der Waals surface area contributed by atoms with Gasteiger partial charge in [0.05, 0.1) is 12.3 Å². The standard InChI is InChI=1S/C10H16N4O2S/c1-16-8-2-3-14(7(4-8)5-11)10(15)9-6-12-13-17-9/h6-8H,2-5,11H2,1H3. The first-order valence-electron chi connectivity index (χ1n) is 5.57. The predicted molar refractivity (Wildman–Crippen MR) is 63.8 cm³/mol. The van der Waals surface area contributed by atoms with Gasteiger partial charge in [0.2, 0.25) is 0 Å². The molecule has 0 aromatic carbocycles. The fourth-order valence-corrected chi connectivity index (χ4v) is 2.59. The number of nitrogens with zero attached hydrogens (tertiary/aromatic N) is 3. The number of carbonyl (C=O) groups is 1. The molecule has 1 aliphatic rings. The van der Waals surface area contributed by atoms with E-state index in [0.29, 0.717) is 18.0 Å². The van der Waals surface area contributed by atoms with E-state index >= 15 is 0 Å². The van der Waals surface area contributed by atoms with E-state index in [1.54, 1.807) is 7.11 Å². The Labute approximate surface area is 104 Å². The molecule has 0 aliphatic carbocycles. The van der Waals surface area contributed by atoms with Gasteiger partial charge in [0.25, 0.3) is 5.91 Å². The van der Waals surface area contributed by atoms with Crippen LogP contribution >= 0.6 is 11.5 Å². The highest BCUT2D eigenvalue weighted by Gasteiger charge is 2.31. The minimum Gasteiger partial charge on any atom is -0.381 e. The molecule has 1 aromatic rings. The molecule has 0 spiro atoms. The van der Waals surface area contributed by atoms with Crippen LogP contribution in [0.15, 0.2) is 6.20 Å². The number of carbonyl (C=O) groups excluding carboxylic acids is 1. The summed E-state index contributed by atoms with van der Waals surface area (Å²) in [6.45, 7) is 1.13. The van der Waals surface area contributed by atoms with Crippen molar-refractivity contribution >= 4 is 17.4 Å². The van der Waals surface area contributed by atoms with Crippen LogP contribution in [-0.4, -0.2) is 52.7 Å². The number of hydrogen-bond donors (Lipinski definition) is 1. The molecule has 0 radical (unpaired) electrons. The molecule has 17 heavy (non-hydrogen) atoms. The van der Waals surface area contributed by atoms with Gasteiger partial charge in [0.15, 0.2) is 0 Å². The van der Waals surface area contributed by atoms with Gasteiger partial charge in [-0.25, -0.2) is 0 Å². The first kappa shape index (κ1) is 12.4. The van der Waals surface area contributed by atoms with Gasteiger partial charge < -0.3 is 15.4 Å². The lowest BCUT2D eigenvalue weighted by atomic mass is 9.99. The van der Waals surface area contributed by atoms with Crippen LogP contribution in [0, 0.1) is 0 Å². The van der Waals surface area contributed by atoms with E-state index in [1.807, 2.05) is 4.90 Å². The molecule has 1 aromatic heterocycles. The molecule has 2 heterocycles. The average Bonchev–Trinajstić information content (AvgIpc) is 2.91. The van der Waals surface area contributed by atoms with Crippen LogP contribution in [0.2, 0.25) is 0 Å². The molecular weight excluding hydrogens is 240 g/mol. The van der Waals surface area contributed by atoms with E-state index in [1.165, 1.54) is 6.20 Å². The number of amides is 1. The highest BCUT2D eigenvalue weighted by molar-refractivity contribution is 7.07. The third-order valence-electron chi connectivity index (χ3n) is 3.11. The van der Waals surface area contributed by atoms with Crippen molar-refractivity contribution in [1.29, 1.82) is 0 Å². The normalized spacial score (nSPS) is 24.9. The van der Waals surface area contributed by atoms with Crippen molar-refractivity contribution in [3.63, 3.8) is 0 Å². The van der Waals surface area contributed by atoms with E-state index in [2.05, 4.69) is 9.59 Å². The molecule has 1 aliphatic heterocycles. The van der Waals surface area contributed by atoms with Crippen LogP contribution in [0.3, 0.4) is 0 Å². The summed E-state index contributed by atoms with van der Waals surface area (Å²) in [7, 11) is 1.70. The number of rotatable bonds is 3. The molecule has 2 rings (SSSR count). The molecule has 1 fully saturated rings. The minimum atomic E-state index is -0.0231. The van der Waals surface area contributed by atoms with Crippen molar-refractivity contribution in [2.45, 2.75) is 25.0 Å². The molecule has 7 heteroatoms. The molecule has 0 bridgehead atoms. The minimum absolute atomic E-state index is 0.0231. The second-order valence-corrected chi connectivity index (χ2v) is 4.84. The van der Waals surface area contributed by atoms with Crippen molar-refractivity contribution in [3.8, 4) is 0 Å². The number of aromatic nitrogens is 2. The lowest BCUT2D eigenvalue weighted by molar-refractivity contribution is 0.0141. The molecule has 0 saturated carbocycles. The average molecular weight is 256 g/mol. The third-order valence-corrected chi connectivity index (χ3v) is 3.76. The smallest absolute Gasteiger partial charge is 0.267 e. The van der Waals surface area contributed by atoms with Crippen LogP contribution in [-0.2, 0) is 4.74 Å². The van der Waals surface area contributed by atoms with Crippen LogP contribution in [0.4, 0.5) is 0 Å². The van der Waals surface area contributed by atoms with E-state index in [4.69, 9.17) is 10.5 Å². The largest absolute Gasteiger partial charge is 0.381 e. The Bertz CT molecular complexity index is 370. The maximum Gasteiger partial charge on any atom is 0.267 e. The number of piperidine rings is 1. The lowest BCUT2D eigenvalue weighted by Crippen LogP contribution is -2.51. The first-order chi connectivity index (χ1) is 8.26. The van der Waals surface area contributed by atoms with E-state index < -0.39 is 0 Å². The van der Waals surface area contributed by atoms with Crippen molar-refractivity contribution in [2.75, 3.05) is 20.2 Å². The zero-order chi connectivity index (χ0) is 12.3. The van der Waals surface area contributed by atoms with Gasteiger partial charge in [0.1, 0.15) is 4.88 Å². The van der Waals surface area contributed by atoms with E-state index in [0.717, 1.165) is 24.4 Å². The van der Waals surface area contributed by atoms with Gasteiger partial charge in [-0.1, -0.05) is 4.49 Å². The highest BCUT2D eigenvalue weighted by atomic mass is 32.1. The van der Waals surface area contributed by atoms with E-state index in [-0.39, 0.29) is 18.1 Å². The van der Waals surface area contributed by atoms with Crippen molar-refractivity contribution in [2.24, 2.45) is 5.73 Å². The SMILES string of the molecule is COC1CCN(C(=O)c2cnns2)C(CN)C1. The Morgan fingerprint density at radius 3 is 3.18 bits per heavy atom. The monoisotopic (exact) mass is 256 g/mol. The Morgan fingerprint density at radius 1 is 1.76 bits per heavy atom. The number of ether oxygens (including phenoxy) is 1. The summed E-state index contributed by atoms with van der Waals surface area (Å²) in [6.07, 6.45) is 3.35. The van der Waals surface area contributed by atoms with Gasteiger partial charge in [-0.15, -0.1) is 5.10 Å². The Hall–Kier alpha value is -1.05. The van der Waals surface area contributed by atoms with Crippen LogP contribution in [0.25, 0.3) is 0 Å².